The Kier molecular flexibility index (Phi) is 3.99. The summed E-state index contributed by atoms with van der Waals surface area (Å²) in [6, 6.07) is 2.89. The van der Waals surface area contributed by atoms with Crippen LogP contribution in [0.1, 0.15) is 36.7 Å². The first-order valence-electron chi connectivity index (χ1n) is 6.32. The Morgan fingerprint density at radius 2 is 2.21 bits per heavy atom. The molecule has 2 amide bonds. The van der Waals surface area contributed by atoms with Crippen molar-refractivity contribution >= 4 is 17.7 Å². The van der Waals surface area contributed by atoms with E-state index in [0.717, 1.165) is 19.3 Å². The molecule has 2 rings (SSSR count). The molecule has 0 bridgehead atoms. The van der Waals surface area contributed by atoms with E-state index in [-0.39, 0.29) is 23.5 Å². The second-order valence-electron chi connectivity index (χ2n) is 4.92. The number of hydrogen-bond donors (Lipinski definition) is 3. The minimum Gasteiger partial charge on any atom is -0.476 e. The maximum atomic E-state index is 11.8. The van der Waals surface area contributed by atoms with E-state index in [1.54, 1.807) is 6.07 Å². The van der Waals surface area contributed by atoms with Crippen LogP contribution in [0.25, 0.3) is 0 Å². The molecule has 19 heavy (non-hydrogen) atoms. The predicted octanol–water partition coefficient (Wildman–Crippen LogP) is 2.09. The number of pyridine rings is 1. The Morgan fingerprint density at radius 3 is 2.84 bits per heavy atom. The predicted molar refractivity (Wildman–Crippen MR) is 70.2 cm³/mol. The second kappa shape index (κ2) is 5.69. The summed E-state index contributed by atoms with van der Waals surface area (Å²) in [5, 5.41) is 14.4. The molecule has 0 spiro atoms. The van der Waals surface area contributed by atoms with Crippen LogP contribution in [-0.2, 0) is 0 Å². The number of rotatable bonds is 3. The first-order valence-corrected chi connectivity index (χ1v) is 6.32. The van der Waals surface area contributed by atoms with Crippen molar-refractivity contribution in [2.75, 3.05) is 5.32 Å². The lowest BCUT2D eigenvalue weighted by Gasteiger charge is -2.14. The maximum Gasteiger partial charge on any atom is 0.356 e. The third-order valence-electron chi connectivity index (χ3n) is 3.29. The Morgan fingerprint density at radius 1 is 1.42 bits per heavy atom. The Labute approximate surface area is 111 Å². The molecule has 1 fully saturated rings. The summed E-state index contributed by atoms with van der Waals surface area (Å²) in [4.78, 5) is 26.5. The van der Waals surface area contributed by atoms with Gasteiger partial charge in [-0.2, -0.15) is 0 Å². The summed E-state index contributed by atoms with van der Waals surface area (Å²) < 4.78 is 0. The highest BCUT2D eigenvalue weighted by Gasteiger charge is 2.23. The minimum atomic E-state index is -1.16. The van der Waals surface area contributed by atoms with Crippen LogP contribution in [-0.4, -0.2) is 28.1 Å². The first-order chi connectivity index (χ1) is 9.06. The number of anilines is 1. The summed E-state index contributed by atoms with van der Waals surface area (Å²) in [6.07, 6.45) is 4.42. The van der Waals surface area contributed by atoms with Gasteiger partial charge in [0.15, 0.2) is 5.69 Å². The molecule has 1 aromatic rings. The van der Waals surface area contributed by atoms with Gasteiger partial charge < -0.3 is 15.7 Å². The second-order valence-corrected chi connectivity index (χ2v) is 4.92. The zero-order chi connectivity index (χ0) is 13.8. The third-order valence-corrected chi connectivity index (χ3v) is 3.29. The van der Waals surface area contributed by atoms with Crippen molar-refractivity contribution < 1.29 is 14.7 Å². The summed E-state index contributed by atoms with van der Waals surface area (Å²) in [5.74, 6) is -0.538. The molecular formula is C13H17N3O3. The normalized spacial score (nSPS) is 21.9. The number of carboxylic acid groups (broad SMARTS) is 1. The lowest BCUT2D eigenvalue weighted by atomic mass is 10.1. The molecule has 0 saturated heterocycles. The lowest BCUT2D eigenvalue weighted by Crippen LogP contribution is -2.36. The van der Waals surface area contributed by atoms with Gasteiger partial charge in [0.1, 0.15) is 0 Å². The minimum absolute atomic E-state index is 0.155. The van der Waals surface area contributed by atoms with Crippen LogP contribution in [0.2, 0.25) is 0 Å². The molecule has 0 aliphatic heterocycles. The Hall–Kier alpha value is -2.11. The molecule has 6 heteroatoms. The number of urea groups is 1. The van der Waals surface area contributed by atoms with E-state index in [1.807, 2.05) is 0 Å². The summed E-state index contributed by atoms with van der Waals surface area (Å²) >= 11 is 0. The number of hydrogen-bond acceptors (Lipinski definition) is 3. The largest absolute Gasteiger partial charge is 0.476 e. The van der Waals surface area contributed by atoms with Gasteiger partial charge in [-0.3, -0.25) is 0 Å². The average molecular weight is 263 g/mol. The van der Waals surface area contributed by atoms with Gasteiger partial charge in [0, 0.05) is 12.2 Å². The van der Waals surface area contributed by atoms with E-state index >= 15 is 0 Å². The highest BCUT2D eigenvalue weighted by Crippen LogP contribution is 2.24. The quantitative estimate of drug-likeness (QED) is 0.778. The fraction of sp³-hybridized carbons (Fsp3) is 0.462. The number of nitrogens with zero attached hydrogens (tertiary/aromatic N) is 1. The van der Waals surface area contributed by atoms with Gasteiger partial charge in [-0.15, -0.1) is 0 Å². The molecule has 2 atom stereocenters. The monoisotopic (exact) mass is 263 g/mol. The number of aromatic nitrogens is 1. The molecule has 102 valence electrons. The highest BCUT2D eigenvalue weighted by molar-refractivity contribution is 5.98. The van der Waals surface area contributed by atoms with Crippen molar-refractivity contribution in [2.45, 2.75) is 32.2 Å². The van der Waals surface area contributed by atoms with E-state index in [1.165, 1.54) is 12.3 Å². The summed E-state index contributed by atoms with van der Waals surface area (Å²) in [6.45, 7) is 2.16. The van der Waals surface area contributed by atoms with Gasteiger partial charge in [-0.1, -0.05) is 6.92 Å². The van der Waals surface area contributed by atoms with Gasteiger partial charge in [-0.05, 0) is 37.3 Å². The molecule has 3 N–H and O–H groups in total. The molecule has 2 unspecified atom stereocenters. The SMILES string of the molecule is CC1CCC(NC(=O)Nc2cccnc2C(=O)O)C1. The topological polar surface area (TPSA) is 91.3 Å². The fourth-order valence-electron chi connectivity index (χ4n) is 2.36. The van der Waals surface area contributed by atoms with Crippen LogP contribution in [0, 0.1) is 5.92 Å². The molecule has 1 aliphatic carbocycles. The van der Waals surface area contributed by atoms with Gasteiger partial charge in [0.25, 0.3) is 0 Å². The zero-order valence-corrected chi connectivity index (χ0v) is 10.7. The number of nitrogens with one attached hydrogen (secondary N) is 2. The van der Waals surface area contributed by atoms with Gasteiger partial charge >= 0.3 is 12.0 Å². The van der Waals surface area contributed by atoms with E-state index in [9.17, 15) is 9.59 Å². The fourth-order valence-corrected chi connectivity index (χ4v) is 2.36. The zero-order valence-electron chi connectivity index (χ0n) is 10.7. The molecule has 0 aromatic carbocycles. The van der Waals surface area contributed by atoms with Crippen molar-refractivity contribution in [2.24, 2.45) is 5.92 Å². The molecule has 0 radical (unpaired) electrons. The summed E-state index contributed by atoms with van der Waals surface area (Å²) in [7, 11) is 0. The number of amides is 2. The summed E-state index contributed by atoms with van der Waals surface area (Å²) in [5.41, 5.74) is 0.0518. The van der Waals surface area contributed by atoms with Crippen molar-refractivity contribution in [1.82, 2.24) is 10.3 Å². The Balaban J connectivity index is 1.97. The molecule has 1 aliphatic rings. The standard InChI is InChI=1S/C13H17N3O3/c1-8-4-5-9(7-8)15-13(19)16-10-3-2-6-14-11(10)12(17)18/h2-3,6,8-9H,4-5,7H2,1H3,(H,17,18)(H2,15,16,19). The van der Waals surface area contributed by atoms with Crippen LogP contribution < -0.4 is 10.6 Å². The van der Waals surface area contributed by atoms with Crippen molar-refractivity contribution in [3.8, 4) is 0 Å². The van der Waals surface area contributed by atoms with E-state index in [0.29, 0.717) is 5.92 Å². The van der Waals surface area contributed by atoms with Crippen LogP contribution >= 0.6 is 0 Å². The van der Waals surface area contributed by atoms with Crippen LogP contribution in [0.4, 0.5) is 10.5 Å². The molecule has 1 heterocycles. The number of aromatic carboxylic acids is 1. The van der Waals surface area contributed by atoms with E-state index < -0.39 is 5.97 Å². The van der Waals surface area contributed by atoms with Crippen molar-refractivity contribution in [1.29, 1.82) is 0 Å². The van der Waals surface area contributed by atoms with Crippen LogP contribution in [0.5, 0.6) is 0 Å². The lowest BCUT2D eigenvalue weighted by molar-refractivity contribution is 0.0692. The molecule has 1 saturated carbocycles. The number of carbonyl (C=O) groups excluding carboxylic acids is 1. The highest BCUT2D eigenvalue weighted by atomic mass is 16.4. The van der Waals surface area contributed by atoms with E-state index in [2.05, 4.69) is 22.5 Å². The van der Waals surface area contributed by atoms with Gasteiger partial charge in [-0.25, -0.2) is 14.6 Å². The average Bonchev–Trinajstić information content (AvgIpc) is 2.75. The van der Waals surface area contributed by atoms with E-state index in [4.69, 9.17) is 5.11 Å². The maximum absolute atomic E-state index is 11.8. The Bertz CT molecular complexity index is 490. The van der Waals surface area contributed by atoms with Gasteiger partial charge in [0.2, 0.25) is 0 Å². The van der Waals surface area contributed by atoms with Crippen molar-refractivity contribution in [3.63, 3.8) is 0 Å². The molecule has 1 aromatic heterocycles. The number of carbonyl (C=O) groups is 2. The molecule has 6 nitrogen and oxygen atoms in total. The number of carboxylic acids is 1. The van der Waals surface area contributed by atoms with Crippen LogP contribution in [0.15, 0.2) is 18.3 Å². The first kappa shape index (κ1) is 13.3. The third kappa shape index (κ3) is 3.43. The smallest absolute Gasteiger partial charge is 0.356 e. The molecular weight excluding hydrogens is 246 g/mol. The van der Waals surface area contributed by atoms with Gasteiger partial charge in [0.05, 0.1) is 5.69 Å². The van der Waals surface area contributed by atoms with Crippen LogP contribution in [0.3, 0.4) is 0 Å². The van der Waals surface area contributed by atoms with Crippen molar-refractivity contribution in [3.05, 3.63) is 24.0 Å².